The Hall–Kier alpha value is -0.480. The molecule has 0 bridgehead atoms. The smallest absolute Gasteiger partial charge is 0.137 e. The molecule has 1 aliphatic rings. The first-order chi connectivity index (χ1) is 6.18. The van der Waals surface area contributed by atoms with Gasteiger partial charge in [0.15, 0.2) is 0 Å². The lowest BCUT2D eigenvalue weighted by Gasteiger charge is -2.24. The Balaban J connectivity index is 2.37. The van der Waals surface area contributed by atoms with Gasteiger partial charge in [-0.25, -0.2) is 9.97 Å². The van der Waals surface area contributed by atoms with Crippen LogP contribution in [0.15, 0.2) is 16.8 Å². The van der Waals surface area contributed by atoms with Crippen LogP contribution in [0, 0.1) is 0 Å². The zero-order valence-electron chi connectivity index (χ0n) is 7.67. The van der Waals surface area contributed by atoms with E-state index in [0.29, 0.717) is 23.6 Å². The molecule has 1 saturated heterocycles. The predicted molar refractivity (Wildman–Crippen MR) is 43.3 cm³/mol. The summed E-state index contributed by atoms with van der Waals surface area (Å²) in [6, 6.07) is 0.0315. The first-order valence-electron chi connectivity index (χ1n) is 4.27. The van der Waals surface area contributed by atoms with Gasteiger partial charge in [0.05, 0.1) is 21.9 Å². The molecule has 0 spiro atoms. The number of hydrogen-bond donors (Lipinski definition) is 0. The third-order valence-corrected chi connectivity index (χ3v) is 1.92. The van der Waals surface area contributed by atoms with E-state index in [-0.39, 0.29) is 18.1 Å². The van der Waals surface area contributed by atoms with Gasteiger partial charge in [-0.1, -0.05) is 0 Å². The van der Waals surface area contributed by atoms with Crippen LogP contribution in [0.3, 0.4) is 0 Å². The fourth-order valence-electron chi connectivity index (χ4n) is 0.852. The standard InChI is InChI=1S/C7H7BrN2O/c8-6-1-2-9-7(10-6)5-3-11-4-5/h1-2,5H,3-4H2/i1D,2D. The van der Waals surface area contributed by atoms with E-state index in [1.807, 2.05) is 0 Å². The van der Waals surface area contributed by atoms with Crippen LogP contribution < -0.4 is 0 Å². The van der Waals surface area contributed by atoms with Gasteiger partial charge in [0.2, 0.25) is 0 Å². The van der Waals surface area contributed by atoms with Crippen molar-refractivity contribution >= 4 is 15.9 Å². The monoisotopic (exact) mass is 216 g/mol. The van der Waals surface area contributed by atoms with Crippen molar-refractivity contribution in [2.24, 2.45) is 0 Å². The van der Waals surface area contributed by atoms with Gasteiger partial charge in [0, 0.05) is 6.17 Å². The van der Waals surface area contributed by atoms with Crippen molar-refractivity contribution in [1.82, 2.24) is 9.97 Å². The highest BCUT2D eigenvalue weighted by Crippen LogP contribution is 2.20. The van der Waals surface area contributed by atoms with Crippen molar-refractivity contribution in [3.05, 3.63) is 22.6 Å². The van der Waals surface area contributed by atoms with E-state index in [1.165, 1.54) is 0 Å². The van der Waals surface area contributed by atoms with Crippen LogP contribution in [-0.2, 0) is 4.74 Å². The van der Waals surface area contributed by atoms with Crippen molar-refractivity contribution in [1.29, 1.82) is 0 Å². The van der Waals surface area contributed by atoms with E-state index < -0.39 is 0 Å². The maximum atomic E-state index is 7.38. The average Bonchev–Trinajstić information content (AvgIpc) is 1.96. The summed E-state index contributed by atoms with van der Waals surface area (Å²) in [7, 11) is 0. The van der Waals surface area contributed by atoms with Gasteiger partial charge in [-0.3, -0.25) is 0 Å². The molecule has 0 N–H and O–H groups in total. The molecule has 3 nitrogen and oxygen atoms in total. The van der Waals surface area contributed by atoms with E-state index in [4.69, 9.17) is 7.48 Å². The van der Waals surface area contributed by atoms with Crippen LogP contribution in [0.25, 0.3) is 0 Å². The molecule has 1 fully saturated rings. The number of aromatic nitrogens is 2. The summed E-state index contributed by atoms with van der Waals surface area (Å²) < 4.78 is 20.1. The average molecular weight is 217 g/mol. The third-order valence-electron chi connectivity index (χ3n) is 1.55. The van der Waals surface area contributed by atoms with Crippen LogP contribution in [0.1, 0.15) is 14.5 Å². The Bertz CT molecular complexity index is 320. The van der Waals surface area contributed by atoms with Gasteiger partial charge in [-0.05, 0) is 22.0 Å². The molecule has 1 aromatic heterocycles. The molecule has 58 valence electrons. The van der Waals surface area contributed by atoms with Crippen molar-refractivity contribution in [2.75, 3.05) is 13.2 Å². The fourth-order valence-corrected chi connectivity index (χ4v) is 1.12. The molecule has 4 heteroatoms. The minimum absolute atomic E-state index is 0.0315. The Morgan fingerprint density at radius 2 is 2.55 bits per heavy atom. The molecule has 0 saturated carbocycles. The van der Waals surface area contributed by atoms with Gasteiger partial charge in [0.1, 0.15) is 10.4 Å². The Kier molecular flexibility index (Phi) is 1.36. The van der Waals surface area contributed by atoms with E-state index in [9.17, 15) is 0 Å². The maximum absolute atomic E-state index is 7.38. The lowest BCUT2D eigenvalue weighted by Crippen LogP contribution is -2.26. The summed E-state index contributed by atoms with van der Waals surface area (Å²) in [5.74, 6) is 0.792. The van der Waals surface area contributed by atoms with Gasteiger partial charge < -0.3 is 4.74 Å². The fraction of sp³-hybridized carbons (Fsp3) is 0.429. The van der Waals surface area contributed by atoms with Gasteiger partial charge >= 0.3 is 0 Å². The lowest BCUT2D eigenvalue weighted by atomic mass is 10.1. The molecule has 0 amide bonds. The predicted octanol–water partition coefficient (Wildman–Crippen LogP) is 1.35. The molecule has 2 rings (SSSR count). The number of rotatable bonds is 1. The minimum atomic E-state index is -0.0382. The lowest BCUT2D eigenvalue weighted by molar-refractivity contribution is 0.00478. The van der Waals surface area contributed by atoms with Crippen LogP contribution >= 0.6 is 15.9 Å². The van der Waals surface area contributed by atoms with Crippen molar-refractivity contribution in [3.8, 4) is 0 Å². The largest absolute Gasteiger partial charge is 0.380 e. The molecule has 11 heavy (non-hydrogen) atoms. The first-order valence-corrected chi connectivity index (χ1v) is 4.06. The molecule has 0 aliphatic carbocycles. The van der Waals surface area contributed by atoms with Crippen LogP contribution in [0.5, 0.6) is 0 Å². The van der Waals surface area contributed by atoms with Crippen LogP contribution in [0.4, 0.5) is 0 Å². The van der Waals surface area contributed by atoms with Crippen LogP contribution in [-0.4, -0.2) is 23.2 Å². The van der Waals surface area contributed by atoms with Crippen molar-refractivity contribution in [3.63, 3.8) is 0 Å². The van der Waals surface area contributed by atoms with Crippen molar-refractivity contribution < 1.29 is 7.48 Å². The zero-order chi connectivity index (χ0) is 9.42. The highest BCUT2D eigenvalue weighted by molar-refractivity contribution is 9.10. The molecular weight excluding hydrogens is 208 g/mol. The van der Waals surface area contributed by atoms with E-state index in [2.05, 4.69) is 25.9 Å². The second-order valence-corrected chi connectivity index (χ2v) is 3.09. The zero-order valence-corrected chi connectivity index (χ0v) is 7.26. The normalized spacial score (nSPS) is 20.5. The second kappa shape index (κ2) is 2.87. The van der Waals surface area contributed by atoms with E-state index >= 15 is 0 Å². The SMILES string of the molecule is [2H]c1nc(C2COC2)nc(Br)c1[2H]. The first kappa shape index (κ1) is 5.22. The van der Waals surface area contributed by atoms with E-state index in [1.54, 1.807) is 0 Å². The number of hydrogen-bond acceptors (Lipinski definition) is 3. The van der Waals surface area contributed by atoms with E-state index in [0.717, 1.165) is 0 Å². The van der Waals surface area contributed by atoms with Crippen LogP contribution in [0.2, 0.25) is 0 Å². The summed E-state index contributed by atoms with van der Waals surface area (Å²) in [4.78, 5) is 7.99. The molecule has 1 aromatic rings. The third kappa shape index (κ3) is 1.41. The highest BCUT2D eigenvalue weighted by Gasteiger charge is 2.22. The molecule has 1 aliphatic heterocycles. The Morgan fingerprint density at radius 3 is 3.09 bits per heavy atom. The topological polar surface area (TPSA) is 35.0 Å². The second-order valence-electron chi connectivity index (χ2n) is 2.34. The summed E-state index contributed by atoms with van der Waals surface area (Å²) in [5.41, 5.74) is 0. The molecule has 0 aromatic carbocycles. The maximum Gasteiger partial charge on any atom is 0.137 e. The Labute approximate surface area is 75.8 Å². The summed E-state index contributed by atoms with van der Waals surface area (Å²) in [6.07, 6.45) is -0.0382. The summed E-state index contributed by atoms with van der Waals surface area (Å²) in [6.45, 7) is 1.23. The molecule has 0 radical (unpaired) electrons. The van der Waals surface area contributed by atoms with Gasteiger partial charge in [-0.2, -0.15) is 0 Å². The minimum Gasteiger partial charge on any atom is -0.380 e. The molecular formula is C7H7BrN2O. The molecule has 0 unspecified atom stereocenters. The highest BCUT2D eigenvalue weighted by atomic mass is 79.9. The Morgan fingerprint density at radius 1 is 1.73 bits per heavy atom. The molecule has 0 atom stereocenters. The number of ether oxygens (including phenoxy) is 1. The quantitative estimate of drug-likeness (QED) is 0.666. The van der Waals surface area contributed by atoms with Gasteiger partial charge in [-0.15, -0.1) is 0 Å². The summed E-state index contributed by atoms with van der Waals surface area (Å²) in [5, 5.41) is 0. The van der Waals surface area contributed by atoms with Gasteiger partial charge in [0.25, 0.3) is 0 Å². The number of nitrogens with zero attached hydrogens (tertiary/aromatic N) is 2. The number of halogens is 1. The summed E-state index contributed by atoms with van der Waals surface area (Å²) >= 11 is 3.12. The van der Waals surface area contributed by atoms with Crippen molar-refractivity contribution in [2.45, 2.75) is 5.92 Å². The molecule has 2 heterocycles.